The number of hydrogen-bond acceptors (Lipinski definition) is 4. The zero-order valence-electron chi connectivity index (χ0n) is 40.6. The second-order valence-electron chi connectivity index (χ2n) is 17.7. The minimum atomic E-state index is -1.40. The van der Waals surface area contributed by atoms with Crippen molar-refractivity contribution in [3.8, 4) is 33.4 Å². The molecular formula is C68H52BBrN2O2. The van der Waals surface area contributed by atoms with Gasteiger partial charge in [-0.1, -0.05) is 234 Å². The molecule has 0 aliphatic heterocycles. The van der Waals surface area contributed by atoms with Crippen LogP contribution in [0.1, 0.15) is 0 Å². The molecule has 12 rings (SSSR count). The number of benzene rings is 12. The number of rotatable bonds is 10. The first-order valence-corrected chi connectivity index (χ1v) is 25.4. The molecule has 2 N–H and O–H groups in total. The first kappa shape index (κ1) is 48.8. The molecule has 0 aliphatic rings. The molecule has 356 valence electrons. The van der Waals surface area contributed by atoms with Gasteiger partial charge in [0.25, 0.3) is 0 Å². The van der Waals surface area contributed by atoms with Gasteiger partial charge in [-0.15, -0.1) is 0 Å². The minimum Gasteiger partial charge on any atom is -0.423 e. The number of halogens is 1. The fourth-order valence-corrected chi connectivity index (χ4v) is 9.51. The first-order valence-electron chi connectivity index (χ1n) is 24.7. The normalized spacial score (nSPS) is 10.6. The van der Waals surface area contributed by atoms with Crippen LogP contribution < -0.4 is 15.3 Å². The molecule has 6 heteroatoms. The molecule has 0 aromatic heterocycles. The Morgan fingerprint density at radius 1 is 0.257 bits per heavy atom. The second-order valence-corrected chi connectivity index (χ2v) is 18.6. The smallest absolute Gasteiger partial charge is 0.423 e. The molecule has 0 heterocycles. The number of hydrogen-bond donors (Lipinski definition) is 2. The van der Waals surface area contributed by atoms with Crippen LogP contribution in [-0.2, 0) is 0 Å². The molecule has 0 saturated carbocycles. The monoisotopic (exact) mass is 1020 g/mol. The highest BCUT2D eigenvalue weighted by atomic mass is 79.9. The van der Waals surface area contributed by atoms with Crippen LogP contribution in [0.3, 0.4) is 0 Å². The lowest BCUT2D eigenvalue weighted by molar-refractivity contribution is 0.426. The van der Waals surface area contributed by atoms with E-state index in [1.54, 1.807) is 6.07 Å². The molecule has 0 spiro atoms. The Labute approximate surface area is 442 Å². The van der Waals surface area contributed by atoms with Gasteiger partial charge in [0.05, 0.1) is 0 Å². The van der Waals surface area contributed by atoms with Gasteiger partial charge >= 0.3 is 7.12 Å². The molecule has 74 heavy (non-hydrogen) atoms. The third-order valence-corrected chi connectivity index (χ3v) is 13.4. The fourth-order valence-electron chi connectivity index (χ4n) is 9.25. The highest BCUT2D eigenvalue weighted by molar-refractivity contribution is 9.10. The fraction of sp³-hybridized carbons (Fsp3) is 0. The largest absolute Gasteiger partial charge is 0.489 e. The average Bonchev–Trinajstić information content (AvgIpc) is 3.47. The van der Waals surface area contributed by atoms with Gasteiger partial charge in [-0.3, -0.25) is 0 Å². The third-order valence-electron chi connectivity index (χ3n) is 12.9. The van der Waals surface area contributed by atoms with Crippen molar-refractivity contribution >= 4 is 84.2 Å². The molecule has 0 bridgehead atoms. The van der Waals surface area contributed by atoms with Crippen molar-refractivity contribution in [2.75, 3.05) is 9.80 Å². The Balaban J connectivity index is 0.000000140. The maximum absolute atomic E-state index is 9.08. The lowest BCUT2D eigenvalue weighted by Crippen LogP contribution is -2.30. The Bertz CT molecular complexity index is 3590. The molecular weight excluding hydrogens is 967 g/mol. The van der Waals surface area contributed by atoms with Gasteiger partial charge in [0.15, 0.2) is 0 Å². The van der Waals surface area contributed by atoms with Crippen molar-refractivity contribution in [3.63, 3.8) is 0 Å². The Morgan fingerprint density at radius 3 is 0.973 bits per heavy atom. The first-order chi connectivity index (χ1) is 36.5. The van der Waals surface area contributed by atoms with E-state index in [1.165, 1.54) is 44.2 Å². The van der Waals surface area contributed by atoms with E-state index in [1.807, 2.05) is 48.5 Å². The molecule has 0 unspecified atom stereocenters. The maximum Gasteiger partial charge on any atom is 0.489 e. The van der Waals surface area contributed by atoms with Gasteiger partial charge in [0.1, 0.15) is 0 Å². The number of anilines is 6. The van der Waals surface area contributed by atoms with Crippen LogP contribution in [0.25, 0.3) is 54.9 Å². The molecule has 12 aromatic rings. The van der Waals surface area contributed by atoms with Crippen LogP contribution in [0, 0.1) is 0 Å². The van der Waals surface area contributed by atoms with E-state index in [0.29, 0.717) is 5.46 Å². The molecule has 0 atom stereocenters. The van der Waals surface area contributed by atoms with Gasteiger partial charge in [-0.2, -0.15) is 0 Å². The van der Waals surface area contributed by atoms with Crippen molar-refractivity contribution < 1.29 is 10.0 Å². The topological polar surface area (TPSA) is 46.9 Å². The van der Waals surface area contributed by atoms with Crippen LogP contribution in [0.5, 0.6) is 0 Å². The number of para-hydroxylation sites is 4. The molecule has 0 radical (unpaired) electrons. The Kier molecular flexibility index (Phi) is 15.6. The molecule has 4 nitrogen and oxygen atoms in total. The van der Waals surface area contributed by atoms with Gasteiger partial charge in [-0.25, -0.2) is 0 Å². The van der Waals surface area contributed by atoms with E-state index in [2.05, 4.69) is 274 Å². The van der Waals surface area contributed by atoms with E-state index >= 15 is 0 Å². The minimum absolute atomic E-state index is 0.554. The second kappa shape index (κ2) is 23.6. The van der Waals surface area contributed by atoms with Crippen LogP contribution in [0.4, 0.5) is 34.1 Å². The van der Waals surface area contributed by atoms with Crippen molar-refractivity contribution in [2.24, 2.45) is 0 Å². The Morgan fingerprint density at radius 2 is 0.554 bits per heavy atom. The summed E-state index contributed by atoms with van der Waals surface area (Å²) in [6, 6.07) is 105. The lowest BCUT2D eigenvalue weighted by Gasteiger charge is -2.25. The summed E-state index contributed by atoms with van der Waals surface area (Å²) in [4.78, 5) is 4.55. The summed E-state index contributed by atoms with van der Waals surface area (Å²) in [5.74, 6) is 0. The zero-order valence-corrected chi connectivity index (χ0v) is 42.2. The quantitative estimate of drug-likeness (QED) is 0.134. The highest BCUT2D eigenvalue weighted by Gasteiger charge is 2.15. The molecule has 12 aromatic carbocycles. The lowest BCUT2D eigenvalue weighted by atomic mass is 9.77. The van der Waals surface area contributed by atoms with Gasteiger partial charge < -0.3 is 19.8 Å². The molecule has 0 aliphatic carbocycles. The maximum atomic E-state index is 9.08. The van der Waals surface area contributed by atoms with E-state index < -0.39 is 7.12 Å². The van der Waals surface area contributed by atoms with Gasteiger partial charge in [0.2, 0.25) is 0 Å². The Hall–Kier alpha value is -8.78. The number of nitrogens with zero attached hydrogens (tertiary/aromatic N) is 2. The zero-order chi connectivity index (χ0) is 50.5. The summed E-state index contributed by atoms with van der Waals surface area (Å²) in [6.45, 7) is 0. The van der Waals surface area contributed by atoms with Crippen molar-refractivity contribution in [3.05, 3.63) is 308 Å². The predicted molar refractivity (Wildman–Crippen MR) is 318 cm³/mol. The van der Waals surface area contributed by atoms with Crippen molar-refractivity contribution in [2.45, 2.75) is 0 Å². The summed E-state index contributed by atoms with van der Waals surface area (Å²) in [5, 5.41) is 22.6. The van der Waals surface area contributed by atoms with Crippen LogP contribution in [0.2, 0.25) is 0 Å². The summed E-state index contributed by atoms with van der Waals surface area (Å²) in [5.41, 5.74) is 14.8. The SMILES string of the molecule is Brc1ccc(-c2ccc(N(c3ccccc3)c3ccccc3)cc2)cc1.OB(O)c1cccc2ccccc12.c1ccc(N(c2ccccc2)c2ccc(-c3ccc(-c4cccc5ccccc45)cc3)cc2)cc1. The van der Waals surface area contributed by atoms with Crippen LogP contribution in [-0.4, -0.2) is 17.2 Å². The average molecular weight is 1020 g/mol. The van der Waals surface area contributed by atoms with Crippen molar-refractivity contribution in [1.29, 1.82) is 0 Å². The molecule has 0 amide bonds. The van der Waals surface area contributed by atoms with Crippen molar-refractivity contribution in [1.82, 2.24) is 0 Å². The number of fused-ring (bicyclic) bond motifs is 2. The van der Waals surface area contributed by atoms with Crippen LogP contribution in [0.15, 0.2) is 308 Å². The third kappa shape index (κ3) is 11.6. The van der Waals surface area contributed by atoms with E-state index in [9.17, 15) is 0 Å². The molecule has 0 fully saturated rings. The van der Waals surface area contributed by atoms with E-state index in [-0.39, 0.29) is 0 Å². The van der Waals surface area contributed by atoms with E-state index in [0.717, 1.165) is 49.4 Å². The predicted octanol–water partition coefficient (Wildman–Crippen LogP) is 17.7. The summed E-state index contributed by atoms with van der Waals surface area (Å²) in [6.07, 6.45) is 0. The standard InChI is InChI=1S/C34H25N.C24H18BrN.C10H9BO2/c1-3-12-30(13-4-1)35(31-14-5-2-6-15-31)32-24-22-27(23-25-32)26-18-20-29(21-19-26)34-17-9-11-28-10-7-8-16-33(28)34;25-21-15-11-19(12-16-21)20-13-17-24(18-14-20)26(22-7-3-1-4-8-22)23-9-5-2-6-10-23;12-11(13)10-7-3-5-8-4-1-2-6-9(8)10/h1-25H;1-18H;1-7,12-13H. The van der Waals surface area contributed by atoms with Gasteiger partial charge in [0, 0.05) is 38.6 Å². The van der Waals surface area contributed by atoms with E-state index in [4.69, 9.17) is 10.0 Å². The van der Waals surface area contributed by atoms with Gasteiger partial charge in [-0.05, 0) is 145 Å². The summed E-state index contributed by atoms with van der Waals surface area (Å²) in [7, 11) is -1.40. The van der Waals surface area contributed by atoms with Crippen LogP contribution >= 0.6 is 15.9 Å². The highest BCUT2D eigenvalue weighted by Crippen LogP contribution is 2.38. The molecule has 0 saturated heterocycles. The summed E-state index contributed by atoms with van der Waals surface area (Å²) < 4.78 is 1.09. The summed E-state index contributed by atoms with van der Waals surface area (Å²) >= 11 is 3.49.